The summed E-state index contributed by atoms with van der Waals surface area (Å²) in [7, 11) is 0. The third-order valence-electron chi connectivity index (χ3n) is 4.64. The van der Waals surface area contributed by atoms with Crippen molar-refractivity contribution >= 4 is 5.65 Å². The van der Waals surface area contributed by atoms with Crippen LogP contribution in [-0.2, 0) is 6.42 Å². The van der Waals surface area contributed by atoms with Gasteiger partial charge in [-0.25, -0.2) is 4.98 Å². The molecule has 0 bridgehead atoms. The highest BCUT2D eigenvalue weighted by atomic mass is 15.2. The summed E-state index contributed by atoms with van der Waals surface area (Å²) in [5, 5.41) is 9.78. The molecule has 0 radical (unpaired) electrons. The van der Waals surface area contributed by atoms with E-state index in [1.807, 2.05) is 31.3 Å². The second-order valence-corrected chi connectivity index (χ2v) is 6.18. The summed E-state index contributed by atoms with van der Waals surface area (Å²) in [6.07, 6.45) is 6.44. The molecule has 0 N–H and O–H groups in total. The number of piperidine rings is 1. The molecule has 0 amide bonds. The van der Waals surface area contributed by atoms with Crippen molar-refractivity contribution < 1.29 is 0 Å². The van der Waals surface area contributed by atoms with Crippen molar-refractivity contribution in [3.05, 3.63) is 35.8 Å². The van der Waals surface area contributed by atoms with Gasteiger partial charge < -0.3 is 4.40 Å². The van der Waals surface area contributed by atoms with E-state index in [2.05, 4.69) is 27.3 Å². The molecule has 2 aromatic rings. The van der Waals surface area contributed by atoms with Crippen LogP contribution >= 0.6 is 0 Å². The summed E-state index contributed by atoms with van der Waals surface area (Å²) >= 11 is 0. The number of hydrogen-bond acceptors (Lipinski definition) is 3. The Morgan fingerprint density at radius 1 is 1.29 bits per heavy atom. The Morgan fingerprint density at radius 2 is 2.05 bits per heavy atom. The van der Waals surface area contributed by atoms with Gasteiger partial charge in [0.05, 0.1) is 11.8 Å². The van der Waals surface area contributed by atoms with Gasteiger partial charge in [0, 0.05) is 18.3 Å². The predicted octanol–water partition coefficient (Wildman–Crippen LogP) is 2.95. The average Bonchev–Trinajstić information content (AvgIpc) is 2.84. The van der Waals surface area contributed by atoms with Crippen LogP contribution in [0, 0.1) is 18.3 Å². The van der Waals surface area contributed by atoms with E-state index in [0.29, 0.717) is 0 Å². The van der Waals surface area contributed by atoms with Crippen LogP contribution in [0.1, 0.15) is 37.6 Å². The number of fused-ring (bicyclic) bond motifs is 1. The minimum atomic E-state index is -0.447. The van der Waals surface area contributed by atoms with Gasteiger partial charge in [0.25, 0.3) is 0 Å². The molecule has 3 heterocycles. The number of nitrogens with zero attached hydrogens (tertiary/aromatic N) is 4. The standard InChI is InChI=1S/C17H22N4/c1-14-15(21-11-7-4-8-16(21)19-14)12-17(2,13-18)20-9-5-3-6-10-20/h4,7-8,11H,3,5-6,9-10,12H2,1-2H3. The van der Waals surface area contributed by atoms with E-state index in [-0.39, 0.29) is 0 Å². The van der Waals surface area contributed by atoms with Crippen molar-refractivity contribution in [1.29, 1.82) is 5.26 Å². The maximum Gasteiger partial charge on any atom is 0.137 e. The number of aromatic nitrogens is 2. The van der Waals surface area contributed by atoms with Crippen LogP contribution in [0.4, 0.5) is 0 Å². The molecule has 1 atom stereocenters. The molecule has 110 valence electrons. The van der Waals surface area contributed by atoms with Crippen LogP contribution in [0.15, 0.2) is 24.4 Å². The van der Waals surface area contributed by atoms with E-state index < -0.39 is 5.54 Å². The van der Waals surface area contributed by atoms with E-state index in [1.54, 1.807) is 0 Å². The lowest BCUT2D eigenvalue weighted by Crippen LogP contribution is -2.49. The van der Waals surface area contributed by atoms with E-state index in [1.165, 1.54) is 19.3 Å². The highest BCUT2D eigenvalue weighted by Gasteiger charge is 2.34. The molecule has 1 saturated heterocycles. The average molecular weight is 282 g/mol. The minimum absolute atomic E-state index is 0.447. The Morgan fingerprint density at radius 3 is 2.76 bits per heavy atom. The van der Waals surface area contributed by atoms with Gasteiger partial charge in [-0.3, -0.25) is 4.90 Å². The molecule has 0 aliphatic carbocycles. The number of likely N-dealkylation sites (tertiary alicyclic amines) is 1. The number of aryl methyl sites for hydroxylation is 1. The molecule has 1 unspecified atom stereocenters. The third-order valence-corrected chi connectivity index (χ3v) is 4.64. The van der Waals surface area contributed by atoms with Gasteiger partial charge in [-0.2, -0.15) is 5.26 Å². The van der Waals surface area contributed by atoms with E-state index in [9.17, 15) is 5.26 Å². The molecule has 4 heteroatoms. The summed E-state index contributed by atoms with van der Waals surface area (Å²) in [5.74, 6) is 0. The number of pyridine rings is 1. The Labute approximate surface area is 126 Å². The van der Waals surface area contributed by atoms with Crippen LogP contribution < -0.4 is 0 Å². The van der Waals surface area contributed by atoms with Gasteiger partial charge in [0.1, 0.15) is 11.2 Å². The molecule has 1 aliphatic heterocycles. The predicted molar refractivity (Wildman–Crippen MR) is 83.1 cm³/mol. The van der Waals surface area contributed by atoms with Crippen molar-refractivity contribution in [3.8, 4) is 6.07 Å². The molecular formula is C17H22N4. The lowest BCUT2D eigenvalue weighted by molar-refractivity contribution is 0.123. The van der Waals surface area contributed by atoms with Crippen LogP contribution in [0.25, 0.3) is 5.65 Å². The van der Waals surface area contributed by atoms with Crippen LogP contribution in [0.5, 0.6) is 0 Å². The number of hydrogen-bond donors (Lipinski definition) is 0. The lowest BCUT2D eigenvalue weighted by atomic mass is 9.92. The summed E-state index contributed by atoms with van der Waals surface area (Å²) in [6.45, 7) is 6.16. The third kappa shape index (κ3) is 2.54. The molecule has 4 nitrogen and oxygen atoms in total. The van der Waals surface area contributed by atoms with Gasteiger partial charge in [0.2, 0.25) is 0 Å². The number of nitriles is 1. The second-order valence-electron chi connectivity index (χ2n) is 6.18. The SMILES string of the molecule is Cc1nc2ccccn2c1CC(C)(C#N)N1CCCCC1. The summed E-state index contributed by atoms with van der Waals surface area (Å²) in [4.78, 5) is 6.96. The van der Waals surface area contributed by atoms with Crippen LogP contribution in [0.3, 0.4) is 0 Å². The van der Waals surface area contributed by atoms with Gasteiger partial charge in [0.15, 0.2) is 0 Å². The van der Waals surface area contributed by atoms with Crippen molar-refractivity contribution in [1.82, 2.24) is 14.3 Å². The highest BCUT2D eigenvalue weighted by Crippen LogP contribution is 2.26. The monoisotopic (exact) mass is 282 g/mol. The van der Waals surface area contributed by atoms with Crippen molar-refractivity contribution in [2.75, 3.05) is 13.1 Å². The zero-order valence-corrected chi connectivity index (χ0v) is 12.8. The molecule has 1 fully saturated rings. The smallest absolute Gasteiger partial charge is 0.137 e. The van der Waals surface area contributed by atoms with Crippen LogP contribution in [-0.4, -0.2) is 32.9 Å². The molecule has 0 spiro atoms. The fraction of sp³-hybridized carbons (Fsp3) is 0.529. The molecule has 1 aliphatic rings. The van der Waals surface area contributed by atoms with E-state index in [4.69, 9.17) is 0 Å². The topological polar surface area (TPSA) is 44.3 Å². The fourth-order valence-corrected chi connectivity index (χ4v) is 3.31. The summed E-state index contributed by atoms with van der Waals surface area (Å²) in [5.41, 5.74) is 2.70. The number of rotatable bonds is 3. The van der Waals surface area contributed by atoms with Gasteiger partial charge in [-0.15, -0.1) is 0 Å². The van der Waals surface area contributed by atoms with Crippen LogP contribution in [0.2, 0.25) is 0 Å². The van der Waals surface area contributed by atoms with E-state index in [0.717, 1.165) is 36.5 Å². The Hall–Kier alpha value is -1.86. The minimum Gasteiger partial charge on any atom is -0.304 e. The van der Waals surface area contributed by atoms with Gasteiger partial charge in [-0.1, -0.05) is 12.5 Å². The van der Waals surface area contributed by atoms with Gasteiger partial charge in [-0.05, 0) is 51.9 Å². The van der Waals surface area contributed by atoms with Gasteiger partial charge >= 0.3 is 0 Å². The van der Waals surface area contributed by atoms with E-state index >= 15 is 0 Å². The first kappa shape index (κ1) is 14.1. The Bertz CT molecular complexity index is 676. The number of imidazole rings is 1. The Kier molecular flexibility index (Phi) is 3.69. The van der Waals surface area contributed by atoms with Crippen molar-refractivity contribution in [3.63, 3.8) is 0 Å². The Balaban J connectivity index is 1.95. The normalized spacial score (nSPS) is 19.3. The summed E-state index contributed by atoms with van der Waals surface area (Å²) in [6, 6.07) is 8.59. The molecule has 3 rings (SSSR count). The first-order chi connectivity index (χ1) is 10.1. The maximum atomic E-state index is 9.78. The lowest BCUT2D eigenvalue weighted by Gasteiger charge is -2.38. The molecule has 0 aromatic carbocycles. The molecule has 21 heavy (non-hydrogen) atoms. The summed E-state index contributed by atoms with van der Waals surface area (Å²) < 4.78 is 2.12. The molecule has 2 aromatic heterocycles. The first-order valence-corrected chi connectivity index (χ1v) is 7.73. The quantitative estimate of drug-likeness (QED) is 0.869. The first-order valence-electron chi connectivity index (χ1n) is 7.73. The largest absolute Gasteiger partial charge is 0.304 e. The molecule has 0 saturated carbocycles. The second kappa shape index (κ2) is 5.50. The van der Waals surface area contributed by atoms with Crippen molar-refractivity contribution in [2.24, 2.45) is 0 Å². The zero-order chi connectivity index (χ0) is 14.9. The zero-order valence-electron chi connectivity index (χ0n) is 12.8. The molecular weight excluding hydrogens is 260 g/mol. The highest BCUT2D eigenvalue weighted by molar-refractivity contribution is 5.43. The fourth-order valence-electron chi connectivity index (χ4n) is 3.31. The maximum absolute atomic E-state index is 9.78. The van der Waals surface area contributed by atoms with Crippen molar-refractivity contribution in [2.45, 2.75) is 45.1 Å².